The summed E-state index contributed by atoms with van der Waals surface area (Å²) in [4.78, 5) is 0. The lowest BCUT2D eigenvalue weighted by molar-refractivity contribution is 0.541. The zero-order chi connectivity index (χ0) is 11.6. The van der Waals surface area contributed by atoms with Crippen molar-refractivity contribution >= 4 is 15.9 Å². The van der Waals surface area contributed by atoms with Crippen molar-refractivity contribution in [2.45, 2.75) is 32.1 Å². The van der Waals surface area contributed by atoms with E-state index in [1.165, 1.54) is 22.9 Å². The first-order chi connectivity index (χ1) is 7.69. The third-order valence-corrected chi connectivity index (χ3v) is 4.27. The van der Waals surface area contributed by atoms with Gasteiger partial charge in [-0.25, -0.2) is 0 Å². The normalized spacial score (nSPS) is 28.1. The monoisotopic (exact) mass is 281 g/mol. The highest BCUT2D eigenvalue weighted by Gasteiger charge is 2.51. The van der Waals surface area contributed by atoms with Gasteiger partial charge in [-0.15, -0.1) is 0 Å². The lowest BCUT2D eigenvalue weighted by Crippen LogP contribution is -2.28. The van der Waals surface area contributed by atoms with Crippen LogP contribution in [0.2, 0.25) is 0 Å². The first-order valence-corrected chi connectivity index (χ1v) is 6.95. The minimum Gasteiger partial charge on any atom is -0.316 e. The van der Waals surface area contributed by atoms with Crippen LogP contribution in [-0.2, 0) is 5.41 Å². The van der Waals surface area contributed by atoms with E-state index < -0.39 is 0 Å². The summed E-state index contributed by atoms with van der Waals surface area (Å²) in [7, 11) is 0. The molecule has 1 aliphatic rings. The molecule has 1 saturated carbocycles. The number of hydrogen-bond acceptors (Lipinski definition) is 1. The molecule has 0 aliphatic heterocycles. The summed E-state index contributed by atoms with van der Waals surface area (Å²) in [6.45, 7) is 6.83. The molecule has 1 fully saturated rings. The minimum absolute atomic E-state index is 0.413. The molecule has 0 amide bonds. The zero-order valence-electron chi connectivity index (χ0n) is 10.1. The summed E-state index contributed by atoms with van der Waals surface area (Å²) in [5.41, 5.74) is 1.90. The topological polar surface area (TPSA) is 12.0 Å². The van der Waals surface area contributed by atoms with Crippen molar-refractivity contribution in [1.29, 1.82) is 0 Å². The van der Waals surface area contributed by atoms with E-state index in [2.05, 4.69) is 59.4 Å². The molecule has 1 aromatic rings. The van der Waals surface area contributed by atoms with Crippen LogP contribution >= 0.6 is 15.9 Å². The molecular formula is C14H20BrN. The Kier molecular flexibility index (Phi) is 3.70. The van der Waals surface area contributed by atoms with Crippen LogP contribution in [0.15, 0.2) is 28.7 Å². The van der Waals surface area contributed by atoms with Crippen molar-refractivity contribution in [2.24, 2.45) is 5.92 Å². The molecule has 2 rings (SSSR count). The minimum atomic E-state index is 0.413. The summed E-state index contributed by atoms with van der Waals surface area (Å²) in [5.74, 6) is 0.818. The number of rotatable bonds is 5. The van der Waals surface area contributed by atoms with E-state index in [4.69, 9.17) is 0 Å². The maximum absolute atomic E-state index is 3.57. The summed E-state index contributed by atoms with van der Waals surface area (Å²) >= 11 is 3.50. The van der Waals surface area contributed by atoms with E-state index in [0.29, 0.717) is 5.41 Å². The van der Waals surface area contributed by atoms with Crippen LogP contribution in [-0.4, -0.2) is 13.1 Å². The van der Waals surface area contributed by atoms with Crippen LogP contribution < -0.4 is 5.32 Å². The lowest BCUT2D eigenvalue weighted by atomic mass is 9.93. The van der Waals surface area contributed by atoms with Gasteiger partial charge in [-0.05, 0) is 43.0 Å². The maximum Gasteiger partial charge on any atom is 0.0175 e. The van der Waals surface area contributed by atoms with Gasteiger partial charge in [0.15, 0.2) is 0 Å². The molecule has 1 aliphatic carbocycles. The van der Waals surface area contributed by atoms with Gasteiger partial charge in [-0.2, -0.15) is 0 Å². The smallest absolute Gasteiger partial charge is 0.0175 e. The quantitative estimate of drug-likeness (QED) is 0.811. The fourth-order valence-corrected chi connectivity index (χ4v) is 2.77. The molecule has 0 heterocycles. The van der Waals surface area contributed by atoms with Crippen LogP contribution in [0, 0.1) is 5.92 Å². The third kappa shape index (κ3) is 2.33. The lowest BCUT2D eigenvalue weighted by Gasteiger charge is -2.18. The molecule has 1 N–H and O–H groups in total. The molecule has 16 heavy (non-hydrogen) atoms. The Labute approximate surface area is 107 Å². The molecular weight excluding hydrogens is 262 g/mol. The highest BCUT2D eigenvalue weighted by molar-refractivity contribution is 9.10. The fraction of sp³-hybridized carbons (Fsp3) is 0.571. The van der Waals surface area contributed by atoms with E-state index in [0.717, 1.165) is 19.0 Å². The Balaban J connectivity index is 2.07. The van der Waals surface area contributed by atoms with Gasteiger partial charge < -0.3 is 5.32 Å². The van der Waals surface area contributed by atoms with E-state index in [9.17, 15) is 0 Å². The van der Waals surface area contributed by atoms with Crippen LogP contribution in [0.3, 0.4) is 0 Å². The Morgan fingerprint density at radius 3 is 2.50 bits per heavy atom. The van der Waals surface area contributed by atoms with Crippen LogP contribution in [0.25, 0.3) is 0 Å². The van der Waals surface area contributed by atoms with Gasteiger partial charge in [0.25, 0.3) is 0 Å². The summed E-state index contributed by atoms with van der Waals surface area (Å²) in [6.07, 6.45) is 2.54. The third-order valence-electron chi connectivity index (χ3n) is 3.74. The van der Waals surface area contributed by atoms with Crippen molar-refractivity contribution < 1.29 is 0 Å². The predicted molar refractivity (Wildman–Crippen MR) is 72.8 cm³/mol. The van der Waals surface area contributed by atoms with Crippen molar-refractivity contribution in [3.63, 3.8) is 0 Å². The number of benzene rings is 1. The van der Waals surface area contributed by atoms with Crippen LogP contribution in [0.5, 0.6) is 0 Å². The molecule has 2 heteroatoms. The summed E-state index contributed by atoms with van der Waals surface area (Å²) in [6, 6.07) is 8.84. The number of hydrogen-bond donors (Lipinski definition) is 1. The Bertz CT molecular complexity index is 346. The Morgan fingerprint density at radius 1 is 1.38 bits per heavy atom. The van der Waals surface area contributed by atoms with E-state index in [-0.39, 0.29) is 0 Å². The second-order valence-corrected chi connectivity index (χ2v) is 5.86. The fourth-order valence-electron chi connectivity index (χ4n) is 2.51. The Morgan fingerprint density at radius 2 is 2.00 bits per heavy atom. The van der Waals surface area contributed by atoms with Gasteiger partial charge in [-0.1, -0.05) is 41.9 Å². The van der Waals surface area contributed by atoms with Gasteiger partial charge in [0.1, 0.15) is 0 Å². The average Bonchev–Trinajstić information content (AvgIpc) is 2.92. The summed E-state index contributed by atoms with van der Waals surface area (Å²) in [5, 5.41) is 3.57. The molecule has 0 aromatic heterocycles. The van der Waals surface area contributed by atoms with E-state index in [1.54, 1.807) is 0 Å². The number of nitrogens with one attached hydrogen (secondary N) is 1. The predicted octanol–water partition coefficient (Wildman–Crippen LogP) is 3.73. The molecule has 0 radical (unpaired) electrons. The standard InChI is InChI=1S/C14H20BrN/c1-3-8-16-10-14(9-11(14)2)12-4-6-13(15)7-5-12/h4-7,11,16H,3,8-10H2,1-2H3. The zero-order valence-corrected chi connectivity index (χ0v) is 11.7. The van der Waals surface area contributed by atoms with Crippen molar-refractivity contribution in [1.82, 2.24) is 5.32 Å². The van der Waals surface area contributed by atoms with Crippen LogP contribution in [0.1, 0.15) is 32.3 Å². The van der Waals surface area contributed by atoms with Gasteiger partial charge in [-0.3, -0.25) is 0 Å². The molecule has 0 spiro atoms. The van der Waals surface area contributed by atoms with Crippen molar-refractivity contribution in [3.8, 4) is 0 Å². The van der Waals surface area contributed by atoms with E-state index >= 15 is 0 Å². The molecule has 88 valence electrons. The molecule has 1 aromatic carbocycles. The maximum atomic E-state index is 3.57. The Hall–Kier alpha value is -0.340. The van der Waals surface area contributed by atoms with Crippen LogP contribution in [0.4, 0.5) is 0 Å². The molecule has 0 bridgehead atoms. The molecule has 2 unspecified atom stereocenters. The highest BCUT2D eigenvalue weighted by Crippen LogP contribution is 2.53. The highest BCUT2D eigenvalue weighted by atomic mass is 79.9. The second kappa shape index (κ2) is 4.89. The molecule has 0 saturated heterocycles. The van der Waals surface area contributed by atoms with Gasteiger partial charge in [0.2, 0.25) is 0 Å². The van der Waals surface area contributed by atoms with E-state index in [1.807, 2.05) is 0 Å². The van der Waals surface area contributed by atoms with Gasteiger partial charge >= 0.3 is 0 Å². The second-order valence-electron chi connectivity index (χ2n) is 4.94. The summed E-state index contributed by atoms with van der Waals surface area (Å²) < 4.78 is 1.17. The van der Waals surface area contributed by atoms with Crippen molar-refractivity contribution in [2.75, 3.05) is 13.1 Å². The van der Waals surface area contributed by atoms with Gasteiger partial charge in [0.05, 0.1) is 0 Å². The van der Waals surface area contributed by atoms with Gasteiger partial charge in [0, 0.05) is 16.4 Å². The largest absolute Gasteiger partial charge is 0.316 e. The first kappa shape index (κ1) is 12.1. The molecule has 2 atom stereocenters. The number of halogens is 1. The molecule has 1 nitrogen and oxygen atoms in total. The average molecular weight is 282 g/mol. The van der Waals surface area contributed by atoms with Crippen molar-refractivity contribution in [3.05, 3.63) is 34.3 Å². The first-order valence-electron chi connectivity index (χ1n) is 6.16. The SMILES string of the molecule is CCCNCC1(c2ccc(Br)cc2)CC1C.